The molecule has 0 aromatic rings. The van der Waals surface area contributed by atoms with Crippen molar-refractivity contribution in [3.8, 4) is 0 Å². The molecule has 3 unspecified atom stereocenters. The van der Waals surface area contributed by atoms with Crippen LogP contribution in [0.4, 0.5) is 0 Å². The van der Waals surface area contributed by atoms with Gasteiger partial charge in [-0.05, 0) is 12.3 Å². The maximum atomic E-state index is 12.0. The minimum Gasteiger partial charge on any atom is -0.379 e. The molecule has 0 saturated carbocycles. The Kier molecular flexibility index (Phi) is 22.9. The van der Waals surface area contributed by atoms with Crippen LogP contribution in [-0.4, -0.2) is 76.7 Å². The number of quaternary nitrogens is 1. The molecule has 0 saturated heterocycles. The summed E-state index contributed by atoms with van der Waals surface area (Å²) in [4.78, 5) is 9.81. The molecular formula is C28H61NO6P+. The van der Waals surface area contributed by atoms with Gasteiger partial charge in [0.15, 0.2) is 0 Å². The van der Waals surface area contributed by atoms with Crippen molar-refractivity contribution < 1.29 is 32.5 Å². The summed E-state index contributed by atoms with van der Waals surface area (Å²) >= 11 is 0. The fourth-order valence-corrected chi connectivity index (χ4v) is 4.78. The minimum absolute atomic E-state index is 0.0362. The molecule has 1 N–H and O–H groups in total. The second-order valence-electron chi connectivity index (χ2n) is 11.5. The van der Waals surface area contributed by atoms with Gasteiger partial charge in [0.05, 0.1) is 34.4 Å². The molecule has 0 fully saturated rings. The molecule has 0 aliphatic heterocycles. The first-order valence-electron chi connectivity index (χ1n) is 14.6. The fourth-order valence-electron chi connectivity index (χ4n) is 4.04. The maximum absolute atomic E-state index is 12.0. The number of hydrogen-bond donors (Lipinski definition) is 1. The zero-order valence-corrected chi connectivity index (χ0v) is 25.6. The predicted molar refractivity (Wildman–Crippen MR) is 150 cm³/mol. The first-order chi connectivity index (χ1) is 17.1. The van der Waals surface area contributed by atoms with Crippen molar-refractivity contribution in [2.45, 2.75) is 116 Å². The van der Waals surface area contributed by atoms with Crippen molar-refractivity contribution in [1.82, 2.24) is 0 Å². The average molecular weight is 539 g/mol. The summed E-state index contributed by atoms with van der Waals surface area (Å²) < 4.78 is 33.7. The molecule has 0 aromatic carbocycles. The molecule has 7 nitrogen and oxygen atoms in total. The molecule has 0 bridgehead atoms. The Morgan fingerprint density at radius 2 is 1.28 bits per heavy atom. The van der Waals surface area contributed by atoms with E-state index in [1.807, 2.05) is 21.1 Å². The number of hydrogen-bond acceptors (Lipinski definition) is 5. The summed E-state index contributed by atoms with van der Waals surface area (Å²) in [6, 6.07) is 0. The molecule has 0 rings (SSSR count). The second kappa shape index (κ2) is 22.9. The van der Waals surface area contributed by atoms with E-state index in [1.54, 1.807) is 7.11 Å². The molecule has 3 atom stereocenters. The van der Waals surface area contributed by atoms with E-state index in [9.17, 15) is 9.46 Å². The molecule has 0 radical (unpaired) electrons. The summed E-state index contributed by atoms with van der Waals surface area (Å²) in [5.41, 5.74) is 0. The monoisotopic (exact) mass is 538 g/mol. The molecule has 0 heterocycles. The second-order valence-corrected chi connectivity index (χ2v) is 12.9. The highest BCUT2D eigenvalue weighted by Gasteiger charge is 2.24. The van der Waals surface area contributed by atoms with Crippen LogP contribution < -0.4 is 0 Å². The summed E-state index contributed by atoms with van der Waals surface area (Å²) in [6.07, 6.45) is 19.7. The lowest BCUT2D eigenvalue weighted by atomic mass is 9.96. The van der Waals surface area contributed by atoms with Gasteiger partial charge in [0.25, 0.3) is 0 Å². The van der Waals surface area contributed by atoms with Crippen LogP contribution in [0.25, 0.3) is 0 Å². The third kappa shape index (κ3) is 25.6. The van der Waals surface area contributed by atoms with E-state index in [0.29, 0.717) is 24.2 Å². The molecule has 0 aliphatic rings. The summed E-state index contributed by atoms with van der Waals surface area (Å²) in [5.74, 6) is 0.840. The highest BCUT2D eigenvalue weighted by atomic mass is 31.2. The Morgan fingerprint density at radius 3 is 1.81 bits per heavy atom. The largest absolute Gasteiger partial charge is 0.472 e. The Labute approximate surface area is 223 Å². The van der Waals surface area contributed by atoms with Crippen LogP contribution in [0.3, 0.4) is 0 Å². The molecule has 0 aliphatic carbocycles. The number of ether oxygens (including phenoxy) is 2. The topological polar surface area (TPSA) is 74.2 Å². The van der Waals surface area contributed by atoms with Gasteiger partial charge in [-0.3, -0.25) is 9.05 Å². The molecule has 218 valence electrons. The van der Waals surface area contributed by atoms with E-state index in [2.05, 4.69) is 13.8 Å². The Hall–Kier alpha value is -0.0100. The molecule has 0 aromatic heterocycles. The number of rotatable bonds is 27. The van der Waals surface area contributed by atoms with Gasteiger partial charge in [-0.2, -0.15) is 0 Å². The van der Waals surface area contributed by atoms with E-state index >= 15 is 0 Å². The number of unbranched alkanes of at least 4 members (excludes halogenated alkanes) is 11. The van der Waals surface area contributed by atoms with Gasteiger partial charge in [0.2, 0.25) is 0 Å². The van der Waals surface area contributed by atoms with Crippen molar-refractivity contribution in [3.63, 3.8) is 0 Å². The molecule has 0 spiro atoms. The van der Waals surface area contributed by atoms with Gasteiger partial charge in [-0.15, -0.1) is 0 Å². The van der Waals surface area contributed by atoms with Crippen LogP contribution in [0.2, 0.25) is 0 Å². The number of phosphoric ester groups is 1. The fraction of sp³-hybridized carbons (Fsp3) is 1.00. The van der Waals surface area contributed by atoms with Crippen LogP contribution in [-0.2, 0) is 23.1 Å². The highest BCUT2D eigenvalue weighted by molar-refractivity contribution is 7.47. The van der Waals surface area contributed by atoms with E-state index in [4.69, 9.17) is 18.5 Å². The van der Waals surface area contributed by atoms with Crippen molar-refractivity contribution in [2.75, 3.05) is 61.2 Å². The van der Waals surface area contributed by atoms with Gasteiger partial charge in [0.1, 0.15) is 19.3 Å². The number of methoxy groups -OCH3 is 1. The first-order valence-corrected chi connectivity index (χ1v) is 16.1. The van der Waals surface area contributed by atoms with E-state index in [-0.39, 0.29) is 13.2 Å². The molecule has 0 amide bonds. The lowest BCUT2D eigenvalue weighted by molar-refractivity contribution is -0.870. The van der Waals surface area contributed by atoms with Crippen molar-refractivity contribution >= 4 is 7.82 Å². The number of phosphoric acid groups is 1. The zero-order valence-electron chi connectivity index (χ0n) is 24.7. The van der Waals surface area contributed by atoms with Crippen molar-refractivity contribution in [1.29, 1.82) is 0 Å². The third-order valence-electron chi connectivity index (χ3n) is 6.61. The highest BCUT2D eigenvalue weighted by Crippen LogP contribution is 2.43. The van der Waals surface area contributed by atoms with Crippen LogP contribution >= 0.6 is 7.82 Å². The van der Waals surface area contributed by atoms with E-state index in [0.717, 1.165) is 12.3 Å². The van der Waals surface area contributed by atoms with Crippen molar-refractivity contribution in [3.05, 3.63) is 0 Å². The average Bonchev–Trinajstić information content (AvgIpc) is 2.80. The van der Waals surface area contributed by atoms with Crippen LogP contribution in [0.5, 0.6) is 0 Å². The van der Waals surface area contributed by atoms with Gasteiger partial charge in [-0.25, -0.2) is 4.57 Å². The third-order valence-corrected chi connectivity index (χ3v) is 7.60. The summed E-state index contributed by atoms with van der Waals surface area (Å²) in [5, 5.41) is 0. The van der Waals surface area contributed by atoms with Crippen LogP contribution in [0, 0.1) is 5.92 Å². The zero-order chi connectivity index (χ0) is 27.1. The minimum atomic E-state index is -4.07. The SMILES string of the molecule is CCCCCCCCCCCC(C)CCCCCCOCC(COP(=O)(O)OCC[N+](C)(C)C)OC. The van der Waals surface area contributed by atoms with E-state index < -0.39 is 13.9 Å². The smallest absolute Gasteiger partial charge is 0.379 e. The first kappa shape index (κ1) is 36.0. The normalized spacial score (nSPS) is 15.6. The lowest BCUT2D eigenvalue weighted by Gasteiger charge is -2.24. The Bertz CT molecular complexity index is 529. The summed E-state index contributed by atoms with van der Waals surface area (Å²) in [7, 11) is 3.45. The predicted octanol–water partition coefficient (Wildman–Crippen LogP) is 7.37. The van der Waals surface area contributed by atoms with Gasteiger partial charge in [-0.1, -0.05) is 104 Å². The molecule has 36 heavy (non-hydrogen) atoms. The Balaban J connectivity index is 3.61. The number of likely N-dealkylation sites (N-methyl/N-ethyl adjacent to an activating group) is 1. The summed E-state index contributed by atoms with van der Waals surface area (Å²) in [6.45, 7) is 6.43. The molecular weight excluding hydrogens is 477 g/mol. The van der Waals surface area contributed by atoms with Crippen molar-refractivity contribution in [2.24, 2.45) is 5.92 Å². The van der Waals surface area contributed by atoms with Crippen LogP contribution in [0.15, 0.2) is 0 Å². The lowest BCUT2D eigenvalue weighted by Crippen LogP contribution is -2.37. The van der Waals surface area contributed by atoms with Gasteiger partial charge in [0, 0.05) is 13.7 Å². The quantitative estimate of drug-likeness (QED) is 0.0669. The van der Waals surface area contributed by atoms with Gasteiger partial charge >= 0.3 is 7.82 Å². The standard InChI is InChI=1S/C28H60NO6P/c1-7-8-9-10-11-12-13-14-17-20-27(2)21-18-15-16-19-23-33-25-28(32-6)26-35-36(30,31)34-24-22-29(3,4)5/h27-28H,7-26H2,1-6H3/p+1. The van der Waals surface area contributed by atoms with Crippen LogP contribution in [0.1, 0.15) is 110 Å². The number of nitrogens with zero attached hydrogens (tertiary/aromatic N) is 1. The molecule has 8 heteroatoms. The maximum Gasteiger partial charge on any atom is 0.472 e. The van der Waals surface area contributed by atoms with Gasteiger partial charge < -0.3 is 18.9 Å². The Morgan fingerprint density at radius 1 is 0.750 bits per heavy atom. The van der Waals surface area contributed by atoms with E-state index in [1.165, 1.54) is 89.9 Å².